The molecule has 0 aliphatic carbocycles. The number of esters is 1. The molecule has 0 atom stereocenters. The predicted octanol–water partition coefficient (Wildman–Crippen LogP) is 2.73. The number of hydrogen-bond donors (Lipinski definition) is 0. The minimum Gasteiger partial charge on any atom is -0.469 e. The van der Waals surface area contributed by atoms with E-state index in [1.165, 1.54) is 13.2 Å². The lowest BCUT2D eigenvalue weighted by Crippen LogP contribution is -2.08. The molecule has 5 nitrogen and oxygen atoms in total. The molecule has 0 aliphatic rings. The Kier molecular flexibility index (Phi) is 4.26. The van der Waals surface area contributed by atoms with Crippen LogP contribution in [0.15, 0.2) is 16.6 Å². The van der Waals surface area contributed by atoms with E-state index in [2.05, 4.69) is 20.7 Å². The van der Waals surface area contributed by atoms with Crippen LogP contribution in [0, 0.1) is 10.1 Å². The number of nitro benzene ring substituents is 1. The van der Waals surface area contributed by atoms with Gasteiger partial charge in [0.05, 0.1) is 24.0 Å². The molecule has 0 aliphatic heterocycles. The Balaban J connectivity index is 3.28. The van der Waals surface area contributed by atoms with Crippen molar-refractivity contribution in [2.45, 2.75) is 6.42 Å². The third-order valence-electron chi connectivity index (χ3n) is 1.91. The number of ether oxygens (including phenoxy) is 1. The maximum atomic E-state index is 11.1. The third-order valence-corrected chi connectivity index (χ3v) is 2.96. The van der Waals surface area contributed by atoms with Gasteiger partial charge in [0.25, 0.3) is 5.69 Å². The molecule has 0 saturated carbocycles. The number of halogens is 2. The zero-order valence-corrected chi connectivity index (χ0v) is 10.5. The minimum absolute atomic E-state index is 0.00731. The van der Waals surface area contributed by atoms with Crippen LogP contribution in [-0.2, 0) is 16.0 Å². The molecular weight excluding hydrogens is 301 g/mol. The van der Waals surface area contributed by atoms with Gasteiger partial charge < -0.3 is 4.74 Å². The number of nitrogens with zero attached hydrogens (tertiary/aromatic N) is 1. The van der Waals surface area contributed by atoms with E-state index in [-0.39, 0.29) is 22.7 Å². The van der Waals surface area contributed by atoms with Crippen LogP contribution in [0.1, 0.15) is 5.56 Å². The number of carbonyl (C=O) groups excluding carboxylic acids is 1. The molecule has 0 heterocycles. The van der Waals surface area contributed by atoms with Crippen molar-refractivity contribution in [2.75, 3.05) is 7.11 Å². The molecule has 16 heavy (non-hydrogen) atoms. The number of methoxy groups -OCH3 is 1. The lowest BCUT2D eigenvalue weighted by Gasteiger charge is -2.05. The lowest BCUT2D eigenvalue weighted by molar-refractivity contribution is -0.385. The van der Waals surface area contributed by atoms with E-state index in [0.717, 1.165) is 0 Å². The van der Waals surface area contributed by atoms with Crippen molar-refractivity contribution >= 4 is 39.2 Å². The van der Waals surface area contributed by atoms with E-state index in [1.807, 2.05) is 0 Å². The average Bonchev–Trinajstić information content (AvgIpc) is 2.22. The molecule has 0 fully saturated rings. The van der Waals surface area contributed by atoms with Gasteiger partial charge >= 0.3 is 5.97 Å². The number of rotatable bonds is 3. The number of hydrogen-bond acceptors (Lipinski definition) is 4. The normalized spacial score (nSPS) is 9.94. The second kappa shape index (κ2) is 5.27. The van der Waals surface area contributed by atoms with Gasteiger partial charge in [0, 0.05) is 4.47 Å². The van der Waals surface area contributed by atoms with E-state index in [1.54, 1.807) is 6.07 Å². The Morgan fingerprint density at radius 1 is 1.62 bits per heavy atom. The highest BCUT2D eigenvalue weighted by atomic mass is 79.9. The first-order valence-electron chi connectivity index (χ1n) is 4.15. The van der Waals surface area contributed by atoms with Gasteiger partial charge in [0.1, 0.15) is 5.02 Å². The summed E-state index contributed by atoms with van der Waals surface area (Å²) in [5.41, 5.74) is -0.0641. The van der Waals surface area contributed by atoms with Crippen LogP contribution >= 0.6 is 27.5 Å². The summed E-state index contributed by atoms with van der Waals surface area (Å²) in [5.74, 6) is -0.564. The highest BCUT2D eigenvalue weighted by Crippen LogP contribution is 2.34. The Hall–Kier alpha value is -1.14. The largest absolute Gasteiger partial charge is 0.469 e. The minimum atomic E-state index is -0.620. The van der Waals surface area contributed by atoms with E-state index in [0.29, 0.717) is 4.47 Å². The Morgan fingerprint density at radius 2 is 2.25 bits per heavy atom. The molecule has 1 aromatic carbocycles. The molecule has 0 bridgehead atoms. The number of benzene rings is 1. The van der Waals surface area contributed by atoms with E-state index in [9.17, 15) is 14.9 Å². The quantitative estimate of drug-likeness (QED) is 0.489. The van der Waals surface area contributed by atoms with Gasteiger partial charge in [-0.25, -0.2) is 0 Å². The molecule has 86 valence electrons. The number of carbonyl (C=O) groups is 1. The van der Waals surface area contributed by atoms with Crippen molar-refractivity contribution in [3.05, 3.63) is 37.3 Å². The highest BCUT2D eigenvalue weighted by Gasteiger charge is 2.23. The fourth-order valence-corrected chi connectivity index (χ4v) is 1.87. The van der Waals surface area contributed by atoms with Crippen LogP contribution in [-0.4, -0.2) is 18.0 Å². The van der Waals surface area contributed by atoms with E-state index in [4.69, 9.17) is 11.6 Å². The summed E-state index contributed by atoms with van der Waals surface area (Å²) in [4.78, 5) is 21.3. The van der Waals surface area contributed by atoms with Crippen molar-refractivity contribution in [1.82, 2.24) is 0 Å². The van der Waals surface area contributed by atoms with E-state index < -0.39 is 10.9 Å². The summed E-state index contributed by atoms with van der Waals surface area (Å²) < 4.78 is 4.91. The lowest BCUT2D eigenvalue weighted by atomic mass is 10.1. The monoisotopic (exact) mass is 307 g/mol. The standard InChI is InChI=1S/C9H7BrClNO4/c1-16-8(13)4-5-6(10)2-3-7(11)9(5)12(14)15/h2-3H,4H2,1H3. The summed E-state index contributed by atoms with van der Waals surface area (Å²) in [6, 6.07) is 2.94. The van der Waals surface area contributed by atoms with Crippen LogP contribution in [0.4, 0.5) is 5.69 Å². The molecule has 0 aromatic heterocycles. The maximum absolute atomic E-state index is 11.1. The summed E-state index contributed by atoms with van der Waals surface area (Å²) in [6.45, 7) is 0. The van der Waals surface area contributed by atoms with Crippen molar-refractivity contribution in [1.29, 1.82) is 0 Å². The topological polar surface area (TPSA) is 69.4 Å². The molecule has 0 saturated heterocycles. The van der Waals surface area contributed by atoms with Gasteiger partial charge in [-0.2, -0.15) is 0 Å². The van der Waals surface area contributed by atoms with Crippen molar-refractivity contribution in [3.63, 3.8) is 0 Å². The third kappa shape index (κ3) is 2.70. The smallest absolute Gasteiger partial charge is 0.310 e. The molecule has 0 N–H and O–H groups in total. The molecule has 0 unspecified atom stereocenters. The van der Waals surface area contributed by atoms with Crippen molar-refractivity contribution in [3.8, 4) is 0 Å². The molecule has 1 aromatic rings. The fraction of sp³-hybridized carbons (Fsp3) is 0.222. The molecule has 1 rings (SSSR count). The summed E-state index contributed by atoms with van der Waals surface area (Å²) in [7, 11) is 1.21. The SMILES string of the molecule is COC(=O)Cc1c(Br)ccc(Cl)c1[N+](=O)[O-]. The summed E-state index contributed by atoms with van der Waals surface area (Å²) >= 11 is 8.84. The first-order chi connectivity index (χ1) is 7.47. The molecule has 0 radical (unpaired) electrons. The van der Waals surface area contributed by atoms with Gasteiger partial charge in [-0.05, 0) is 12.1 Å². The van der Waals surface area contributed by atoms with Gasteiger partial charge in [0.15, 0.2) is 0 Å². The van der Waals surface area contributed by atoms with E-state index >= 15 is 0 Å². The molecule has 7 heteroatoms. The van der Waals surface area contributed by atoms with Gasteiger partial charge in [-0.3, -0.25) is 14.9 Å². The van der Waals surface area contributed by atoms with Crippen LogP contribution in [0.25, 0.3) is 0 Å². The average molecular weight is 309 g/mol. The zero-order chi connectivity index (χ0) is 12.3. The van der Waals surface area contributed by atoms with Gasteiger partial charge in [-0.15, -0.1) is 0 Å². The zero-order valence-electron chi connectivity index (χ0n) is 8.20. The molecule has 0 amide bonds. The Labute approximate surface area is 105 Å². The Morgan fingerprint density at radius 3 is 2.75 bits per heavy atom. The van der Waals surface area contributed by atoms with Crippen LogP contribution < -0.4 is 0 Å². The van der Waals surface area contributed by atoms with Crippen molar-refractivity contribution < 1.29 is 14.5 Å². The second-order valence-corrected chi connectivity index (χ2v) is 4.13. The fourth-order valence-electron chi connectivity index (χ4n) is 1.17. The Bertz CT molecular complexity index is 449. The second-order valence-electron chi connectivity index (χ2n) is 2.87. The first kappa shape index (κ1) is 12.9. The highest BCUT2D eigenvalue weighted by molar-refractivity contribution is 9.10. The van der Waals surface area contributed by atoms with Crippen LogP contribution in [0.2, 0.25) is 5.02 Å². The molecule has 0 spiro atoms. The molecular formula is C9H7BrClNO4. The van der Waals surface area contributed by atoms with Crippen LogP contribution in [0.3, 0.4) is 0 Å². The number of nitro groups is 1. The summed E-state index contributed by atoms with van der Waals surface area (Å²) in [5, 5.41) is 10.8. The predicted molar refractivity (Wildman–Crippen MR) is 61.5 cm³/mol. The van der Waals surface area contributed by atoms with Gasteiger partial charge in [0.2, 0.25) is 0 Å². The first-order valence-corrected chi connectivity index (χ1v) is 5.32. The van der Waals surface area contributed by atoms with Gasteiger partial charge in [-0.1, -0.05) is 27.5 Å². The maximum Gasteiger partial charge on any atom is 0.310 e. The summed E-state index contributed by atoms with van der Waals surface area (Å²) in [6.07, 6.45) is -0.200. The van der Waals surface area contributed by atoms with Crippen LogP contribution in [0.5, 0.6) is 0 Å². The van der Waals surface area contributed by atoms with Crippen molar-refractivity contribution in [2.24, 2.45) is 0 Å².